The van der Waals surface area contributed by atoms with Gasteiger partial charge in [0.25, 0.3) is 0 Å². The number of benzene rings is 3. The van der Waals surface area contributed by atoms with Gasteiger partial charge < -0.3 is 19.8 Å². The van der Waals surface area contributed by atoms with Crippen LogP contribution in [0.1, 0.15) is 41.5 Å². The summed E-state index contributed by atoms with van der Waals surface area (Å²) < 4.78 is 0. The second kappa shape index (κ2) is 9.40. The van der Waals surface area contributed by atoms with Crippen LogP contribution in [0.25, 0.3) is 21.8 Å². The van der Waals surface area contributed by atoms with Gasteiger partial charge in [-0.2, -0.15) is 0 Å². The summed E-state index contributed by atoms with van der Waals surface area (Å²) in [5.74, 6) is -0.162. The van der Waals surface area contributed by atoms with Crippen molar-refractivity contribution in [3.05, 3.63) is 101 Å². The summed E-state index contributed by atoms with van der Waals surface area (Å²) in [5, 5.41) is 2.47. The minimum atomic E-state index is -0.305. The number of hydrogen-bond donors (Lipinski definition) is 2. The lowest BCUT2D eigenvalue weighted by atomic mass is 9.67. The predicted molar refractivity (Wildman–Crippen MR) is 160 cm³/mol. The minimum Gasteiger partial charge on any atom is -0.361 e. The molecule has 0 radical (unpaired) electrons. The van der Waals surface area contributed by atoms with Crippen LogP contribution >= 0.6 is 0 Å². The van der Waals surface area contributed by atoms with Crippen LogP contribution in [0.5, 0.6) is 0 Å². The van der Waals surface area contributed by atoms with Gasteiger partial charge in [-0.3, -0.25) is 9.59 Å². The number of anilines is 1. The van der Waals surface area contributed by atoms with Crippen LogP contribution in [-0.4, -0.2) is 46.3 Å². The quantitative estimate of drug-likeness (QED) is 0.289. The zero-order valence-electron chi connectivity index (χ0n) is 23.0. The first-order chi connectivity index (χ1) is 19.4. The molecule has 3 aromatic carbocycles. The third-order valence-corrected chi connectivity index (χ3v) is 9.27. The number of piperidine rings is 1. The number of hydrogen-bond acceptors (Lipinski definition) is 2. The Kier molecular flexibility index (Phi) is 5.81. The number of carbonyl (C=O) groups excluding carboxylic acids is 2. The molecule has 0 saturated carbocycles. The van der Waals surface area contributed by atoms with Crippen molar-refractivity contribution in [2.75, 3.05) is 24.5 Å². The molecule has 2 aliphatic heterocycles. The van der Waals surface area contributed by atoms with Gasteiger partial charge in [-0.25, -0.2) is 0 Å². The van der Waals surface area contributed by atoms with Crippen LogP contribution < -0.4 is 4.90 Å². The molecular weight excluding hydrogens is 496 g/mol. The van der Waals surface area contributed by atoms with Crippen LogP contribution in [-0.2, 0) is 15.0 Å². The van der Waals surface area contributed by atoms with Gasteiger partial charge in [-0.1, -0.05) is 48.5 Å². The number of aromatic amines is 2. The zero-order valence-corrected chi connectivity index (χ0v) is 23.0. The van der Waals surface area contributed by atoms with Gasteiger partial charge in [0, 0.05) is 71.4 Å². The number of H-pyrrole nitrogens is 2. The fourth-order valence-electron chi connectivity index (χ4n) is 7.10. The van der Waals surface area contributed by atoms with Gasteiger partial charge in [0.05, 0.1) is 5.92 Å². The molecule has 2 N–H and O–H groups in total. The Morgan fingerprint density at radius 1 is 0.850 bits per heavy atom. The van der Waals surface area contributed by atoms with Crippen LogP contribution in [0.4, 0.5) is 5.69 Å². The van der Waals surface area contributed by atoms with Crippen molar-refractivity contribution in [2.45, 2.75) is 38.5 Å². The van der Waals surface area contributed by atoms with Gasteiger partial charge in [0.15, 0.2) is 0 Å². The maximum absolute atomic E-state index is 13.8. The average molecular weight is 531 g/mol. The highest BCUT2D eigenvalue weighted by Gasteiger charge is 2.44. The SMILES string of the molecule is Cc1ccc(C)c(N2CC(C(=O)N3CCC(c4c[nH]c5ccccc45)(c4c[nH]c5ccccc45)CC3)CC2=O)c1. The molecule has 2 saturated heterocycles. The molecule has 1 unspecified atom stereocenters. The number of fused-ring (bicyclic) bond motifs is 2. The lowest BCUT2D eigenvalue weighted by molar-refractivity contribution is -0.137. The largest absolute Gasteiger partial charge is 0.361 e. The molecule has 0 bridgehead atoms. The Hall–Kier alpha value is -4.32. The number of aromatic nitrogens is 2. The molecule has 2 amide bonds. The van der Waals surface area contributed by atoms with Gasteiger partial charge in [0.1, 0.15) is 0 Å². The third kappa shape index (κ3) is 3.85. The molecule has 6 heteroatoms. The molecule has 6 nitrogen and oxygen atoms in total. The molecule has 40 heavy (non-hydrogen) atoms. The lowest BCUT2D eigenvalue weighted by Gasteiger charge is -2.43. The number of para-hydroxylation sites is 2. The van der Waals surface area contributed by atoms with E-state index in [2.05, 4.69) is 83.0 Å². The summed E-state index contributed by atoms with van der Waals surface area (Å²) in [7, 11) is 0. The van der Waals surface area contributed by atoms with E-state index in [1.165, 1.54) is 21.9 Å². The second-order valence-electron chi connectivity index (χ2n) is 11.6. The van der Waals surface area contributed by atoms with E-state index in [0.717, 1.165) is 40.7 Å². The monoisotopic (exact) mass is 530 g/mol. The lowest BCUT2D eigenvalue weighted by Crippen LogP contribution is -2.47. The first kappa shape index (κ1) is 24.7. The van der Waals surface area contributed by atoms with Crippen molar-refractivity contribution < 1.29 is 9.59 Å². The summed E-state index contributed by atoms with van der Waals surface area (Å²) in [4.78, 5) is 37.7. The van der Waals surface area contributed by atoms with Crippen LogP contribution in [0.15, 0.2) is 79.1 Å². The van der Waals surface area contributed by atoms with E-state index in [0.29, 0.717) is 19.6 Å². The van der Waals surface area contributed by atoms with Crippen molar-refractivity contribution in [1.82, 2.24) is 14.9 Å². The standard InChI is InChI=1S/C34H34N4O2/c1-22-11-12-23(2)31(17-22)38-21-24(18-32(38)39)33(40)37-15-13-34(14-16-37,27-19-35-29-9-5-3-7-25(27)29)28-20-36-30-10-6-4-8-26(28)30/h3-12,17,19-20,24,35-36H,13-16,18,21H2,1-2H3. The van der Waals surface area contributed by atoms with Crippen molar-refractivity contribution in [1.29, 1.82) is 0 Å². The van der Waals surface area contributed by atoms with Gasteiger partial charge in [0.2, 0.25) is 11.8 Å². The molecule has 2 aromatic heterocycles. The highest BCUT2D eigenvalue weighted by molar-refractivity contribution is 6.01. The van der Waals surface area contributed by atoms with Crippen LogP contribution in [0.3, 0.4) is 0 Å². The maximum atomic E-state index is 13.8. The summed E-state index contributed by atoms with van der Waals surface area (Å²) in [6.45, 7) is 5.83. The first-order valence-corrected chi connectivity index (χ1v) is 14.2. The summed E-state index contributed by atoms with van der Waals surface area (Å²) in [6, 6.07) is 23.1. The highest BCUT2D eigenvalue weighted by atomic mass is 16.2. The third-order valence-electron chi connectivity index (χ3n) is 9.27. The molecule has 2 aliphatic rings. The zero-order chi connectivity index (χ0) is 27.4. The van der Waals surface area contributed by atoms with Crippen molar-refractivity contribution in [3.63, 3.8) is 0 Å². The number of nitrogens with zero attached hydrogens (tertiary/aromatic N) is 2. The van der Waals surface area contributed by atoms with Gasteiger partial charge in [-0.05, 0) is 67.1 Å². The molecule has 1 atom stereocenters. The van der Waals surface area contributed by atoms with Crippen LogP contribution in [0.2, 0.25) is 0 Å². The first-order valence-electron chi connectivity index (χ1n) is 14.2. The molecule has 202 valence electrons. The van der Waals surface area contributed by atoms with Gasteiger partial charge in [-0.15, -0.1) is 0 Å². The smallest absolute Gasteiger partial charge is 0.228 e. The molecule has 5 aromatic rings. The van der Waals surface area contributed by atoms with E-state index in [9.17, 15) is 9.59 Å². The Balaban J connectivity index is 1.18. The van der Waals surface area contributed by atoms with Gasteiger partial charge >= 0.3 is 0 Å². The second-order valence-corrected chi connectivity index (χ2v) is 11.6. The molecular formula is C34H34N4O2. The number of carbonyl (C=O) groups is 2. The Bertz CT molecular complexity index is 1680. The maximum Gasteiger partial charge on any atom is 0.228 e. The predicted octanol–water partition coefficient (Wildman–Crippen LogP) is 6.23. The number of rotatable bonds is 4. The normalized spacial score (nSPS) is 19.1. The molecule has 4 heterocycles. The van der Waals surface area contributed by atoms with E-state index in [1.807, 2.05) is 29.7 Å². The summed E-state index contributed by atoms with van der Waals surface area (Å²) in [6.07, 6.45) is 6.26. The molecule has 0 aliphatic carbocycles. The Morgan fingerprint density at radius 3 is 2.08 bits per heavy atom. The number of amides is 2. The Morgan fingerprint density at radius 2 is 1.45 bits per heavy atom. The van der Waals surface area contributed by atoms with Crippen molar-refractivity contribution >= 4 is 39.3 Å². The number of nitrogens with one attached hydrogen (secondary N) is 2. The van der Waals surface area contributed by atoms with E-state index >= 15 is 0 Å². The van der Waals surface area contributed by atoms with E-state index in [1.54, 1.807) is 0 Å². The number of likely N-dealkylation sites (tertiary alicyclic amines) is 1. The number of aryl methyl sites for hydroxylation is 2. The van der Waals surface area contributed by atoms with E-state index in [-0.39, 0.29) is 29.6 Å². The van der Waals surface area contributed by atoms with Crippen molar-refractivity contribution in [2.24, 2.45) is 5.92 Å². The molecule has 0 spiro atoms. The van der Waals surface area contributed by atoms with E-state index < -0.39 is 0 Å². The highest BCUT2D eigenvalue weighted by Crippen LogP contribution is 2.47. The van der Waals surface area contributed by atoms with Crippen LogP contribution in [0, 0.1) is 19.8 Å². The Labute approximate surface area is 234 Å². The molecule has 2 fully saturated rings. The fourth-order valence-corrected chi connectivity index (χ4v) is 7.10. The summed E-state index contributed by atoms with van der Waals surface area (Å²) >= 11 is 0. The van der Waals surface area contributed by atoms with E-state index in [4.69, 9.17) is 0 Å². The molecule has 7 rings (SSSR count). The topological polar surface area (TPSA) is 72.2 Å². The van der Waals surface area contributed by atoms with Crippen molar-refractivity contribution in [3.8, 4) is 0 Å². The summed E-state index contributed by atoms with van der Waals surface area (Å²) in [5.41, 5.74) is 7.72. The average Bonchev–Trinajstić information content (AvgIpc) is 3.71. The fraction of sp³-hybridized carbons (Fsp3) is 0.294. The minimum absolute atomic E-state index is 0.0380.